The van der Waals surface area contributed by atoms with Crippen molar-refractivity contribution in [3.05, 3.63) is 23.9 Å². The van der Waals surface area contributed by atoms with Crippen LogP contribution in [0, 0.1) is 16.7 Å². The molecule has 3 rings (SSSR count). The molecule has 2 fully saturated rings. The second kappa shape index (κ2) is 7.18. The van der Waals surface area contributed by atoms with Crippen LogP contribution in [0.2, 0.25) is 0 Å². The van der Waals surface area contributed by atoms with E-state index in [9.17, 15) is 4.79 Å². The van der Waals surface area contributed by atoms with Crippen LogP contribution in [0.15, 0.2) is 18.3 Å². The van der Waals surface area contributed by atoms with Gasteiger partial charge in [0, 0.05) is 51.3 Å². The summed E-state index contributed by atoms with van der Waals surface area (Å²) in [6.45, 7) is 3.96. The molecule has 0 saturated carbocycles. The largest absolute Gasteiger partial charge is 0.383 e. The molecule has 1 aromatic heterocycles. The summed E-state index contributed by atoms with van der Waals surface area (Å²) in [5.41, 5.74) is 0.731. The third-order valence-electron chi connectivity index (χ3n) is 5.18. The smallest absolute Gasteiger partial charge is 0.222 e. The Morgan fingerprint density at radius 3 is 2.96 bits per heavy atom. The molecule has 6 nitrogen and oxygen atoms in total. The molecule has 1 aromatic rings. The number of aromatic nitrogens is 1. The van der Waals surface area contributed by atoms with Crippen molar-refractivity contribution in [1.29, 1.82) is 5.26 Å². The average Bonchev–Trinajstić information content (AvgIpc) is 2.63. The summed E-state index contributed by atoms with van der Waals surface area (Å²) >= 11 is 0. The third kappa shape index (κ3) is 3.51. The fourth-order valence-electron chi connectivity index (χ4n) is 3.88. The Bertz CT molecular complexity index is 625. The Kier molecular flexibility index (Phi) is 5.00. The number of carbonyl (C=O) groups excluding carboxylic acids is 1. The van der Waals surface area contributed by atoms with Crippen LogP contribution in [0.5, 0.6) is 0 Å². The number of amides is 1. The van der Waals surface area contributed by atoms with E-state index in [0.717, 1.165) is 44.7 Å². The molecule has 2 aliphatic heterocycles. The zero-order valence-electron chi connectivity index (χ0n) is 14.2. The predicted molar refractivity (Wildman–Crippen MR) is 90.5 cm³/mol. The lowest BCUT2D eigenvalue weighted by Gasteiger charge is -2.48. The van der Waals surface area contributed by atoms with Gasteiger partial charge in [0.1, 0.15) is 11.9 Å². The minimum absolute atomic E-state index is 0.148. The van der Waals surface area contributed by atoms with Crippen molar-refractivity contribution in [1.82, 2.24) is 9.88 Å². The Morgan fingerprint density at radius 2 is 2.25 bits per heavy atom. The predicted octanol–water partition coefficient (Wildman–Crippen LogP) is 1.81. The van der Waals surface area contributed by atoms with Crippen molar-refractivity contribution >= 4 is 11.7 Å². The van der Waals surface area contributed by atoms with E-state index >= 15 is 0 Å². The Hall–Kier alpha value is -2.13. The maximum Gasteiger partial charge on any atom is 0.222 e. The number of hydrogen-bond acceptors (Lipinski definition) is 5. The second-order valence-electron chi connectivity index (χ2n) is 6.85. The van der Waals surface area contributed by atoms with E-state index in [1.54, 1.807) is 13.3 Å². The van der Waals surface area contributed by atoms with E-state index in [2.05, 4.69) is 16.0 Å². The molecule has 128 valence electrons. The number of carbonyl (C=O) groups is 1. The van der Waals surface area contributed by atoms with Crippen LogP contribution < -0.4 is 4.90 Å². The molecular weight excluding hydrogens is 304 g/mol. The van der Waals surface area contributed by atoms with Gasteiger partial charge >= 0.3 is 0 Å². The van der Waals surface area contributed by atoms with E-state index < -0.39 is 0 Å². The number of nitrogens with zero attached hydrogens (tertiary/aromatic N) is 4. The molecule has 0 aliphatic carbocycles. The van der Waals surface area contributed by atoms with Crippen molar-refractivity contribution in [3.63, 3.8) is 0 Å². The number of anilines is 1. The minimum atomic E-state index is 0.148. The van der Waals surface area contributed by atoms with Gasteiger partial charge in [-0.1, -0.05) is 0 Å². The van der Waals surface area contributed by atoms with Gasteiger partial charge < -0.3 is 14.5 Å². The summed E-state index contributed by atoms with van der Waals surface area (Å²) in [6.07, 6.45) is 5.46. The number of piperidine rings is 2. The highest BCUT2D eigenvalue weighted by molar-refractivity contribution is 5.77. The molecule has 3 heterocycles. The minimum Gasteiger partial charge on any atom is -0.383 e. The fourth-order valence-corrected chi connectivity index (χ4v) is 3.88. The van der Waals surface area contributed by atoms with E-state index in [4.69, 9.17) is 10.00 Å². The summed E-state index contributed by atoms with van der Waals surface area (Å²) in [4.78, 5) is 20.9. The Morgan fingerprint density at radius 1 is 1.38 bits per heavy atom. The quantitative estimate of drug-likeness (QED) is 0.843. The summed E-state index contributed by atoms with van der Waals surface area (Å²) < 4.78 is 5.14. The van der Waals surface area contributed by atoms with E-state index in [-0.39, 0.29) is 11.3 Å². The van der Waals surface area contributed by atoms with Gasteiger partial charge in [-0.2, -0.15) is 5.26 Å². The zero-order chi connectivity index (χ0) is 17.0. The number of likely N-dealkylation sites (tertiary alicyclic amines) is 1. The second-order valence-corrected chi connectivity index (χ2v) is 6.85. The zero-order valence-corrected chi connectivity index (χ0v) is 14.2. The molecule has 0 radical (unpaired) electrons. The lowest BCUT2D eigenvalue weighted by Crippen LogP contribution is -2.54. The SMILES string of the molecule is COCCN1C[C@]2(CCCN(c3ccc(C#N)cn3)C2)CCC1=O. The molecule has 1 spiro atoms. The molecule has 0 bridgehead atoms. The monoisotopic (exact) mass is 328 g/mol. The van der Waals surface area contributed by atoms with Gasteiger partial charge in [0.2, 0.25) is 5.91 Å². The molecular formula is C18H24N4O2. The van der Waals surface area contributed by atoms with Crippen LogP contribution in [0.1, 0.15) is 31.2 Å². The lowest BCUT2D eigenvalue weighted by molar-refractivity contribution is -0.138. The van der Waals surface area contributed by atoms with E-state index in [1.165, 1.54) is 0 Å². The van der Waals surface area contributed by atoms with Gasteiger partial charge in [0.05, 0.1) is 12.2 Å². The highest BCUT2D eigenvalue weighted by Gasteiger charge is 2.41. The molecule has 0 aromatic carbocycles. The Labute approximate surface area is 143 Å². The average molecular weight is 328 g/mol. The number of hydrogen-bond donors (Lipinski definition) is 0. The highest BCUT2D eigenvalue weighted by Crippen LogP contribution is 2.39. The molecule has 6 heteroatoms. The van der Waals surface area contributed by atoms with Gasteiger partial charge in [-0.15, -0.1) is 0 Å². The van der Waals surface area contributed by atoms with Gasteiger partial charge in [0.15, 0.2) is 0 Å². The van der Waals surface area contributed by atoms with Crippen LogP contribution in [0.4, 0.5) is 5.82 Å². The lowest BCUT2D eigenvalue weighted by atomic mass is 9.73. The van der Waals surface area contributed by atoms with Crippen molar-refractivity contribution in [2.75, 3.05) is 44.8 Å². The van der Waals surface area contributed by atoms with Crippen LogP contribution in [0.25, 0.3) is 0 Å². The Balaban J connectivity index is 1.71. The van der Waals surface area contributed by atoms with Gasteiger partial charge in [-0.05, 0) is 31.4 Å². The summed E-state index contributed by atoms with van der Waals surface area (Å²) in [6, 6.07) is 5.85. The molecule has 1 amide bonds. The van der Waals surface area contributed by atoms with E-state index in [1.807, 2.05) is 17.0 Å². The number of pyridine rings is 1. The summed E-state index contributed by atoms with van der Waals surface area (Å²) in [5.74, 6) is 1.17. The van der Waals surface area contributed by atoms with Crippen LogP contribution in [-0.2, 0) is 9.53 Å². The van der Waals surface area contributed by atoms with Crippen molar-refractivity contribution in [3.8, 4) is 6.07 Å². The number of rotatable bonds is 4. The standard InChI is InChI=1S/C18H24N4O2/c1-24-10-9-22-14-18(7-5-17(22)23)6-2-8-21(13-18)16-4-3-15(11-19)12-20-16/h3-4,12H,2,5-10,13-14H2,1H3/t18-/m1/s1. The van der Waals surface area contributed by atoms with Crippen LogP contribution in [0.3, 0.4) is 0 Å². The first-order valence-corrected chi connectivity index (χ1v) is 8.54. The van der Waals surface area contributed by atoms with Crippen molar-refractivity contribution in [2.45, 2.75) is 25.7 Å². The molecule has 0 N–H and O–H groups in total. The van der Waals surface area contributed by atoms with Crippen molar-refractivity contribution < 1.29 is 9.53 Å². The maximum atomic E-state index is 12.2. The third-order valence-corrected chi connectivity index (χ3v) is 5.18. The normalized spacial score (nSPS) is 24.2. The number of ether oxygens (including phenoxy) is 1. The molecule has 0 unspecified atom stereocenters. The van der Waals surface area contributed by atoms with Gasteiger partial charge in [0.25, 0.3) is 0 Å². The van der Waals surface area contributed by atoms with Crippen molar-refractivity contribution in [2.24, 2.45) is 5.41 Å². The van der Waals surface area contributed by atoms with Gasteiger partial charge in [-0.3, -0.25) is 4.79 Å². The van der Waals surface area contributed by atoms with Gasteiger partial charge in [-0.25, -0.2) is 4.98 Å². The molecule has 2 aliphatic rings. The summed E-state index contributed by atoms with van der Waals surface area (Å²) in [7, 11) is 1.67. The first kappa shape index (κ1) is 16.7. The number of nitriles is 1. The van der Waals surface area contributed by atoms with E-state index in [0.29, 0.717) is 25.1 Å². The summed E-state index contributed by atoms with van der Waals surface area (Å²) in [5, 5.41) is 8.91. The molecule has 24 heavy (non-hydrogen) atoms. The molecule has 1 atom stereocenters. The van der Waals surface area contributed by atoms with Crippen LogP contribution >= 0.6 is 0 Å². The maximum absolute atomic E-state index is 12.2. The first-order chi connectivity index (χ1) is 11.7. The fraction of sp³-hybridized carbons (Fsp3) is 0.611. The van der Waals surface area contributed by atoms with Crippen LogP contribution in [-0.4, -0.2) is 55.7 Å². The topological polar surface area (TPSA) is 69.5 Å². The number of methoxy groups -OCH3 is 1. The highest BCUT2D eigenvalue weighted by atomic mass is 16.5. The molecule has 2 saturated heterocycles. The first-order valence-electron chi connectivity index (χ1n) is 8.54.